The Morgan fingerprint density at radius 1 is 1.32 bits per heavy atom. The molecule has 2 heterocycles. The van der Waals surface area contributed by atoms with Gasteiger partial charge in [0.05, 0.1) is 11.9 Å². The lowest BCUT2D eigenvalue weighted by Gasteiger charge is -2.31. The molecule has 7 heteroatoms. The van der Waals surface area contributed by atoms with Gasteiger partial charge in [0.2, 0.25) is 0 Å². The van der Waals surface area contributed by atoms with Gasteiger partial charge in [-0.3, -0.25) is 4.79 Å². The average Bonchev–Trinajstić information content (AvgIpc) is 3.05. The Balaban J connectivity index is 0.00000176. The molecule has 1 amide bonds. The molecule has 1 saturated heterocycles. The van der Waals surface area contributed by atoms with Crippen molar-refractivity contribution in [2.24, 2.45) is 0 Å². The predicted molar refractivity (Wildman–Crippen MR) is 86.6 cm³/mol. The van der Waals surface area contributed by atoms with Crippen LogP contribution >= 0.6 is 12.4 Å². The van der Waals surface area contributed by atoms with E-state index in [1.165, 1.54) is 4.80 Å². The van der Waals surface area contributed by atoms with Gasteiger partial charge in [-0.2, -0.15) is 9.90 Å². The monoisotopic (exact) mass is 321 g/mol. The van der Waals surface area contributed by atoms with Gasteiger partial charge in [0.15, 0.2) is 5.69 Å². The summed E-state index contributed by atoms with van der Waals surface area (Å²) in [6, 6.07) is 9.96. The van der Waals surface area contributed by atoms with Crippen LogP contribution in [0.25, 0.3) is 5.69 Å². The third-order valence-corrected chi connectivity index (χ3v) is 3.81. The molecule has 1 aromatic heterocycles. The van der Waals surface area contributed by atoms with Crippen LogP contribution in [-0.2, 0) is 0 Å². The summed E-state index contributed by atoms with van der Waals surface area (Å²) in [5.74, 6) is -0.0443. The van der Waals surface area contributed by atoms with E-state index in [-0.39, 0.29) is 18.3 Å². The number of halogens is 1. The van der Waals surface area contributed by atoms with Gasteiger partial charge in [-0.15, -0.1) is 17.5 Å². The Bertz CT molecular complexity index is 615. The summed E-state index contributed by atoms with van der Waals surface area (Å²) in [6.45, 7) is 1.52. The Hall–Kier alpha value is -1.92. The molecule has 22 heavy (non-hydrogen) atoms. The fraction of sp³-hybridized carbons (Fsp3) is 0.400. The highest BCUT2D eigenvalue weighted by Gasteiger charge is 2.25. The molecule has 6 nitrogen and oxygen atoms in total. The number of hydrogen-bond donors (Lipinski definition) is 1. The smallest absolute Gasteiger partial charge is 0.276 e. The molecule has 1 N–H and O–H groups in total. The Morgan fingerprint density at radius 3 is 2.82 bits per heavy atom. The Kier molecular flexibility index (Phi) is 5.51. The molecule has 0 saturated carbocycles. The zero-order chi connectivity index (χ0) is 14.7. The van der Waals surface area contributed by atoms with Gasteiger partial charge in [-0.05, 0) is 32.0 Å². The highest BCUT2D eigenvalue weighted by atomic mass is 35.5. The summed E-state index contributed by atoms with van der Waals surface area (Å²) in [5, 5.41) is 11.7. The third-order valence-electron chi connectivity index (χ3n) is 3.81. The zero-order valence-corrected chi connectivity index (χ0v) is 13.3. The first-order valence-electron chi connectivity index (χ1n) is 7.22. The van der Waals surface area contributed by atoms with Crippen LogP contribution in [0, 0.1) is 0 Å². The molecule has 118 valence electrons. The fourth-order valence-electron chi connectivity index (χ4n) is 2.61. The maximum absolute atomic E-state index is 12.5. The number of amides is 1. The topological polar surface area (TPSA) is 63.1 Å². The van der Waals surface area contributed by atoms with Crippen LogP contribution in [-0.4, -0.2) is 52.0 Å². The number of carbonyl (C=O) groups excluding carboxylic acids is 1. The quantitative estimate of drug-likeness (QED) is 0.931. The normalized spacial score (nSPS) is 17.9. The molecular formula is C15H20ClN5O. The summed E-state index contributed by atoms with van der Waals surface area (Å²) < 4.78 is 0. The van der Waals surface area contributed by atoms with Crippen LogP contribution in [0.2, 0.25) is 0 Å². The highest BCUT2D eigenvalue weighted by molar-refractivity contribution is 5.92. The fourth-order valence-corrected chi connectivity index (χ4v) is 2.61. The van der Waals surface area contributed by atoms with Crippen LogP contribution < -0.4 is 5.32 Å². The number of likely N-dealkylation sites (tertiary alicyclic amines) is 1. The number of carbonyl (C=O) groups is 1. The maximum atomic E-state index is 12.5. The summed E-state index contributed by atoms with van der Waals surface area (Å²) in [6.07, 6.45) is 3.67. The molecule has 0 radical (unpaired) electrons. The van der Waals surface area contributed by atoms with E-state index in [4.69, 9.17) is 0 Å². The average molecular weight is 322 g/mol. The minimum absolute atomic E-state index is 0. The molecule has 0 aliphatic carbocycles. The summed E-state index contributed by atoms with van der Waals surface area (Å²) in [7, 11) is 1.93. The van der Waals surface area contributed by atoms with E-state index in [1.54, 1.807) is 6.20 Å². The van der Waals surface area contributed by atoms with Gasteiger partial charge in [0.25, 0.3) is 5.91 Å². The minimum atomic E-state index is -0.0443. The van der Waals surface area contributed by atoms with Gasteiger partial charge in [-0.1, -0.05) is 18.2 Å². The van der Waals surface area contributed by atoms with Gasteiger partial charge in [-0.25, -0.2) is 0 Å². The van der Waals surface area contributed by atoms with Gasteiger partial charge in [0, 0.05) is 19.1 Å². The SMILES string of the molecule is CNC1CCCN(C(=O)c2cnn(-c3ccccc3)n2)C1.Cl. The van der Waals surface area contributed by atoms with E-state index >= 15 is 0 Å². The molecule has 1 unspecified atom stereocenters. The second kappa shape index (κ2) is 7.38. The molecule has 0 spiro atoms. The second-order valence-corrected chi connectivity index (χ2v) is 5.23. The zero-order valence-electron chi connectivity index (χ0n) is 12.5. The van der Waals surface area contributed by atoms with Crippen molar-refractivity contribution in [1.29, 1.82) is 0 Å². The number of piperidine rings is 1. The number of aromatic nitrogens is 3. The second-order valence-electron chi connectivity index (χ2n) is 5.23. The molecule has 1 aliphatic heterocycles. The van der Waals surface area contributed by atoms with Crippen LogP contribution in [0.4, 0.5) is 0 Å². The first-order chi connectivity index (χ1) is 10.3. The number of hydrogen-bond acceptors (Lipinski definition) is 4. The van der Waals surface area contributed by atoms with Crippen LogP contribution in [0.15, 0.2) is 36.5 Å². The highest BCUT2D eigenvalue weighted by Crippen LogP contribution is 2.13. The van der Waals surface area contributed by atoms with Crippen LogP contribution in [0.5, 0.6) is 0 Å². The maximum Gasteiger partial charge on any atom is 0.276 e. The Morgan fingerprint density at radius 2 is 2.09 bits per heavy atom. The van der Waals surface area contributed by atoms with Gasteiger partial charge >= 0.3 is 0 Å². The third kappa shape index (κ3) is 3.45. The molecule has 1 aromatic carbocycles. The van der Waals surface area contributed by atoms with Crippen molar-refractivity contribution in [2.75, 3.05) is 20.1 Å². The molecule has 1 aliphatic rings. The lowest BCUT2D eigenvalue weighted by Crippen LogP contribution is -2.47. The lowest BCUT2D eigenvalue weighted by atomic mass is 10.1. The number of nitrogens with zero attached hydrogens (tertiary/aromatic N) is 4. The van der Waals surface area contributed by atoms with E-state index in [9.17, 15) is 4.79 Å². The van der Waals surface area contributed by atoms with Crippen molar-refractivity contribution >= 4 is 18.3 Å². The van der Waals surface area contributed by atoms with Crippen LogP contribution in [0.3, 0.4) is 0 Å². The molecule has 3 rings (SSSR count). The largest absolute Gasteiger partial charge is 0.336 e. The lowest BCUT2D eigenvalue weighted by molar-refractivity contribution is 0.0691. The summed E-state index contributed by atoms with van der Waals surface area (Å²) in [4.78, 5) is 15.8. The number of likely N-dealkylation sites (N-methyl/N-ethyl adjacent to an activating group) is 1. The number of benzene rings is 1. The molecule has 2 aromatic rings. The standard InChI is InChI=1S/C15H19N5O.ClH/c1-16-12-6-5-9-19(11-12)15(21)14-10-17-20(18-14)13-7-3-2-4-8-13;/h2-4,7-8,10,12,16H,5-6,9,11H2,1H3;1H. The van der Waals surface area contributed by atoms with E-state index in [1.807, 2.05) is 42.3 Å². The van der Waals surface area contributed by atoms with Gasteiger partial charge < -0.3 is 10.2 Å². The van der Waals surface area contributed by atoms with E-state index in [0.717, 1.165) is 31.6 Å². The Labute approximate surface area is 135 Å². The van der Waals surface area contributed by atoms with Crippen molar-refractivity contribution in [2.45, 2.75) is 18.9 Å². The number of para-hydroxylation sites is 1. The number of rotatable bonds is 3. The first kappa shape index (κ1) is 16.5. The molecule has 0 bridgehead atoms. The van der Waals surface area contributed by atoms with Crippen molar-refractivity contribution in [3.63, 3.8) is 0 Å². The molecule has 1 fully saturated rings. The molecule has 1 atom stereocenters. The van der Waals surface area contributed by atoms with Crippen molar-refractivity contribution in [3.05, 3.63) is 42.2 Å². The summed E-state index contributed by atoms with van der Waals surface area (Å²) in [5.41, 5.74) is 1.25. The predicted octanol–water partition coefficient (Wildman–Crippen LogP) is 1.51. The van der Waals surface area contributed by atoms with Crippen LogP contribution in [0.1, 0.15) is 23.3 Å². The molecular weight excluding hydrogens is 302 g/mol. The van der Waals surface area contributed by atoms with Crippen molar-refractivity contribution < 1.29 is 4.79 Å². The van der Waals surface area contributed by atoms with E-state index in [2.05, 4.69) is 15.5 Å². The number of nitrogens with one attached hydrogen (secondary N) is 1. The first-order valence-corrected chi connectivity index (χ1v) is 7.22. The minimum Gasteiger partial charge on any atom is -0.336 e. The van der Waals surface area contributed by atoms with Crippen molar-refractivity contribution in [1.82, 2.24) is 25.2 Å². The summed E-state index contributed by atoms with van der Waals surface area (Å²) >= 11 is 0. The van der Waals surface area contributed by atoms with E-state index < -0.39 is 0 Å². The van der Waals surface area contributed by atoms with Crippen molar-refractivity contribution in [3.8, 4) is 5.69 Å². The van der Waals surface area contributed by atoms with E-state index in [0.29, 0.717) is 11.7 Å². The van der Waals surface area contributed by atoms with Gasteiger partial charge in [0.1, 0.15) is 0 Å².